The van der Waals surface area contributed by atoms with Crippen LogP contribution in [-0.4, -0.2) is 52.9 Å². The fraction of sp³-hybridized carbons (Fsp3) is 0.538. The van der Waals surface area contributed by atoms with E-state index in [1.54, 1.807) is 6.07 Å². The number of nitrogens with zero attached hydrogens (tertiary/aromatic N) is 3. The molecule has 0 aromatic carbocycles. The number of aromatic nitrogens is 1. The van der Waals surface area contributed by atoms with Gasteiger partial charge in [0, 0.05) is 25.7 Å². The van der Waals surface area contributed by atoms with Crippen molar-refractivity contribution in [3.63, 3.8) is 0 Å². The Morgan fingerprint density at radius 1 is 1.50 bits per heavy atom. The van der Waals surface area contributed by atoms with Crippen LogP contribution < -0.4 is 0 Å². The van der Waals surface area contributed by atoms with Gasteiger partial charge in [-0.1, -0.05) is 13.0 Å². The van der Waals surface area contributed by atoms with Crippen molar-refractivity contribution in [3.8, 4) is 0 Å². The lowest BCUT2D eigenvalue weighted by atomic mass is 10.2. The van der Waals surface area contributed by atoms with Crippen molar-refractivity contribution in [2.75, 3.05) is 26.2 Å². The first-order chi connectivity index (χ1) is 8.61. The van der Waals surface area contributed by atoms with Crippen LogP contribution in [0.3, 0.4) is 0 Å². The molecule has 0 N–H and O–H groups in total. The highest BCUT2D eigenvalue weighted by Gasteiger charge is 2.26. The Labute approximate surface area is 116 Å². The van der Waals surface area contributed by atoms with E-state index in [0.29, 0.717) is 16.3 Å². The number of rotatable bonds is 2. The van der Waals surface area contributed by atoms with Crippen LogP contribution in [0.2, 0.25) is 0 Å². The second-order valence-corrected chi connectivity index (χ2v) is 5.39. The lowest BCUT2D eigenvalue weighted by Gasteiger charge is -2.39. The van der Waals surface area contributed by atoms with Crippen molar-refractivity contribution >= 4 is 21.8 Å². The number of carbonyl (C=O) groups excluding carboxylic acids is 1. The van der Waals surface area contributed by atoms with Crippen molar-refractivity contribution < 1.29 is 4.79 Å². The predicted molar refractivity (Wildman–Crippen MR) is 74.5 cm³/mol. The van der Waals surface area contributed by atoms with Gasteiger partial charge < -0.3 is 4.90 Å². The summed E-state index contributed by atoms with van der Waals surface area (Å²) in [6.45, 7) is 7.86. The molecule has 0 spiro atoms. The highest BCUT2D eigenvalue weighted by Crippen LogP contribution is 2.13. The molecule has 1 fully saturated rings. The molecule has 2 heterocycles. The van der Waals surface area contributed by atoms with Crippen LogP contribution in [0.25, 0.3) is 0 Å². The number of halogens is 1. The number of amides is 1. The summed E-state index contributed by atoms with van der Waals surface area (Å²) in [4.78, 5) is 20.8. The average Bonchev–Trinajstić information content (AvgIpc) is 2.37. The van der Waals surface area contributed by atoms with Gasteiger partial charge in [0.25, 0.3) is 5.91 Å². The monoisotopic (exact) mass is 311 g/mol. The topological polar surface area (TPSA) is 36.4 Å². The average molecular weight is 312 g/mol. The van der Waals surface area contributed by atoms with Gasteiger partial charge in [-0.25, -0.2) is 4.98 Å². The van der Waals surface area contributed by atoms with Crippen molar-refractivity contribution in [2.24, 2.45) is 0 Å². The molecular formula is C13H18BrN3O. The van der Waals surface area contributed by atoms with Gasteiger partial charge in [0.05, 0.1) is 0 Å². The van der Waals surface area contributed by atoms with Crippen LogP contribution in [-0.2, 0) is 0 Å². The Hall–Kier alpha value is -0.940. The summed E-state index contributed by atoms with van der Waals surface area (Å²) >= 11 is 3.30. The molecule has 2 rings (SSSR count). The van der Waals surface area contributed by atoms with E-state index in [2.05, 4.69) is 39.7 Å². The van der Waals surface area contributed by atoms with Crippen LogP contribution in [0.5, 0.6) is 0 Å². The zero-order valence-electron chi connectivity index (χ0n) is 10.8. The van der Waals surface area contributed by atoms with Crippen LogP contribution in [0, 0.1) is 0 Å². The van der Waals surface area contributed by atoms with Crippen LogP contribution in [0.1, 0.15) is 24.3 Å². The fourth-order valence-corrected chi connectivity index (χ4v) is 2.68. The largest absolute Gasteiger partial charge is 0.334 e. The van der Waals surface area contributed by atoms with E-state index in [4.69, 9.17) is 0 Å². The molecular weight excluding hydrogens is 294 g/mol. The Kier molecular flexibility index (Phi) is 4.35. The molecule has 0 bridgehead atoms. The van der Waals surface area contributed by atoms with Gasteiger partial charge in [0.2, 0.25) is 0 Å². The number of hydrogen-bond donors (Lipinski definition) is 0. The molecule has 0 radical (unpaired) electrons. The molecule has 1 atom stereocenters. The number of piperazine rings is 1. The van der Waals surface area contributed by atoms with Gasteiger partial charge in [-0.3, -0.25) is 9.69 Å². The van der Waals surface area contributed by atoms with E-state index < -0.39 is 0 Å². The number of carbonyl (C=O) groups is 1. The Bertz CT molecular complexity index is 438. The minimum Gasteiger partial charge on any atom is -0.334 e. The van der Waals surface area contributed by atoms with E-state index >= 15 is 0 Å². The quantitative estimate of drug-likeness (QED) is 0.784. The molecule has 1 amide bonds. The summed E-state index contributed by atoms with van der Waals surface area (Å²) in [5.41, 5.74) is 0.515. The lowest BCUT2D eigenvalue weighted by molar-refractivity contribution is 0.0523. The standard InChI is InChI=1S/C13H18BrN3O/c1-3-16-7-8-17(9-10(16)2)13(18)11-5-4-6-12(14)15-11/h4-6,10H,3,7-9H2,1-2H3. The smallest absolute Gasteiger partial charge is 0.272 e. The maximum Gasteiger partial charge on any atom is 0.272 e. The first kappa shape index (κ1) is 13.5. The zero-order chi connectivity index (χ0) is 13.1. The summed E-state index contributed by atoms with van der Waals surface area (Å²) < 4.78 is 0.702. The van der Waals surface area contributed by atoms with Crippen LogP contribution in [0.15, 0.2) is 22.8 Å². The first-order valence-electron chi connectivity index (χ1n) is 6.27. The van der Waals surface area contributed by atoms with Gasteiger partial charge >= 0.3 is 0 Å². The molecule has 0 saturated carbocycles. The normalized spacial score (nSPS) is 21.1. The number of hydrogen-bond acceptors (Lipinski definition) is 3. The zero-order valence-corrected chi connectivity index (χ0v) is 12.4. The van der Waals surface area contributed by atoms with Crippen molar-refractivity contribution in [1.29, 1.82) is 0 Å². The summed E-state index contributed by atoms with van der Waals surface area (Å²) in [6, 6.07) is 5.86. The van der Waals surface area contributed by atoms with Crippen molar-refractivity contribution in [1.82, 2.24) is 14.8 Å². The predicted octanol–water partition coefficient (Wildman–Crippen LogP) is 2.01. The number of likely N-dealkylation sites (N-methyl/N-ethyl adjacent to an activating group) is 1. The molecule has 98 valence electrons. The van der Waals surface area contributed by atoms with Crippen molar-refractivity contribution in [3.05, 3.63) is 28.5 Å². The first-order valence-corrected chi connectivity index (χ1v) is 7.07. The molecule has 1 aromatic rings. The summed E-state index contributed by atoms with van der Waals surface area (Å²) in [6.07, 6.45) is 0. The van der Waals surface area contributed by atoms with E-state index in [-0.39, 0.29) is 5.91 Å². The Morgan fingerprint density at radius 2 is 2.28 bits per heavy atom. The third-order valence-electron chi connectivity index (χ3n) is 3.39. The summed E-state index contributed by atoms with van der Waals surface area (Å²) in [5.74, 6) is 0.0268. The molecule has 18 heavy (non-hydrogen) atoms. The van der Waals surface area contributed by atoms with Gasteiger partial charge in [-0.05, 0) is 41.5 Å². The SMILES string of the molecule is CCN1CCN(C(=O)c2cccc(Br)n2)CC1C. The van der Waals surface area contributed by atoms with Crippen LogP contribution >= 0.6 is 15.9 Å². The third-order valence-corrected chi connectivity index (χ3v) is 3.83. The fourth-order valence-electron chi connectivity index (χ4n) is 2.34. The maximum atomic E-state index is 12.3. The molecule has 1 aliphatic rings. The molecule has 0 aliphatic carbocycles. The minimum absolute atomic E-state index is 0.0268. The van der Waals surface area contributed by atoms with Gasteiger partial charge in [-0.2, -0.15) is 0 Å². The third kappa shape index (κ3) is 2.90. The van der Waals surface area contributed by atoms with E-state index in [0.717, 1.165) is 26.2 Å². The molecule has 1 aromatic heterocycles. The summed E-state index contributed by atoms with van der Waals surface area (Å²) in [5, 5.41) is 0. The second-order valence-electron chi connectivity index (χ2n) is 4.57. The van der Waals surface area contributed by atoms with Crippen molar-refractivity contribution in [2.45, 2.75) is 19.9 Å². The molecule has 1 aliphatic heterocycles. The van der Waals surface area contributed by atoms with Gasteiger partial charge in [0.1, 0.15) is 10.3 Å². The highest BCUT2D eigenvalue weighted by molar-refractivity contribution is 9.10. The van der Waals surface area contributed by atoms with E-state index in [9.17, 15) is 4.79 Å². The van der Waals surface area contributed by atoms with E-state index in [1.165, 1.54) is 0 Å². The molecule has 1 unspecified atom stereocenters. The lowest BCUT2D eigenvalue weighted by Crippen LogP contribution is -2.53. The van der Waals surface area contributed by atoms with E-state index in [1.807, 2.05) is 17.0 Å². The highest BCUT2D eigenvalue weighted by atomic mass is 79.9. The van der Waals surface area contributed by atoms with Crippen LogP contribution in [0.4, 0.5) is 0 Å². The Morgan fingerprint density at radius 3 is 2.89 bits per heavy atom. The van der Waals surface area contributed by atoms with Gasteiger partial charge in [-0.15, -0.1) is 0 Å². The molecule has 1 saturated heterocycles. The Balaban J connectivity index is 2.07. The molecule has 4 nitrogen and oxygen atoms in total. The second kappa shape index (κ2) is 5.80. The molecule has 5 heteroatoms. The maximum absolute atomic E-state index is 12.3. The summed E-state index contributed by atoms with van der Waals surface area (Å²) in [7, 11) is 0. The minimum atomic E-state index is 0.0268. The van der Waals surface area contributed by atoms with Gasteiger partial charge in [0.15, 0.2) is 0 Å². The number of pyridine rings is 1.